The van der Waals surface area contributed by atoms with Crippen LogP contribution in [0.25, 0.3) is 0 Å². The normalized spacial score (nSPS) is 9.33. The quantitative estimate of drug-likeness (QED) is 0.587. The molecule has 6 nitrogen and oxygen atoms in total. The number of nitrogens with zero attached hydrogens (tertiary/aromatic N) is 2. The molecule has 1 rings (SSSR count). The lowest BCUT2D eigenvalue weighted by Crippen LogP contribution is -1.99. The van der Waals surface area contributed by atoms with Gasteiger partial charge in [0.2, 0.25) is 0 Å². The number of hydrogen-bond donors (Lipinski definition) is 1. The molecule has 0 spiro atoms. The van der Waals surface area contributed by atoms with Gasteiger partial charge in [0.05, 0.1) is 11.5 Å². The summed E-state index contributed by atoms with van der Waals surface area (Å²) in [6.45, 7) is -0.503. The second kappa shape index (κ2) is 4.93. The Morgan fingerprint density at radius 3 is 2.87 bits per heavy atom. The molecular weight excluding hydrogens is 200 g/mol. The van der Waals surface area contributed by atoms with Crippen molar-refractivity contribution < 1.29 is 14.8 Å². The van der Waals surface area contributed by atoms with Gasteiger partial charge in [-0.25, -0.2) is 0 Å². The fraction of sp³-hybridized carbons (Fsp3) is 0.222. The monoisotopic (exact) mass is 208 g/mol. The minimum Gasteiger partial charge on any atom is -0.472 e. The van der Waals surface area contributed by atoms with Crippen molar-refractivity contribution in [2.45, 2.75) is 6.61 Å². The molecule has 0 atom stereocenters. The van der Waals surface area contributed by atoms with E-state index in [2.05, 4.69) is 0 Å². The first-order valence-corrected chi connectivity index (χ1v) is 4.07. The van der Waals surface area contributed by atoms with Crippen LogP contribution in [0, 0.1) is 21.4 Å². The Bertz CT molecular complexity index is 411. The molecule has 0 heterocycles. The summed E-state index contributed by atoms with van der Waals surface area (Å²) >= 11 is 0. The lowest BCUT2D eigenvalue weighted by atomic mass is 10.2. The Labute approximate surface area is 85.5 Å². The Hall–Kier alpha value is -2.13. The van der Waals surface area contributed by atoms with E-state index in [1.807, 2.05) is 0 Å². The van der Waals surface area contributed by atoms with Gasteiger partial charge < -0.3 is 9.84 Å². The molecule has 0 bridgehead atoms. The molecule has 1 aromatic carbocycles. The highest BCUT2D eigenvalue weighted by atomic mass is 16.6. The highest BCUT2D eigenvalue weighted by Gasteiger charge is 2.15. The maximum Gasteiger partial charge on any atom is 0.310 e. The van der Waals surface area contributed by atoms with Gasteiger partial charge in [0, 0.05) is 6.07 Å². The molecule has 1 N–H and O–H groups in total. The summed E-state index contributed by atoms with van der Waals surface area (Å²) in [4.78, 5) is 9.96. The molecule has 0 aliphatic carbocycles. The summed E-state index contributed by atoms with van der Waals surface area (Å²) in [5.41, 5.74) is 0.274. The predicted molar refractivity (Wildman–Crippen MR) is 50.1 cm³/mol. The smallest absolute Gasteiger partial charge is 0.310 e. The molecule has 0 aromatic heterocycles. The average Bonchev–Trinajstić information content (AvgIpc) is 2.25. The molecule has 0 radical (unpaired) electrons. The van der Waals surface area contributed by atoms with E-state index in [1.54, 1.807) is 6.07 Å². The van der Waals surface area contributed by atoms with Crippen LogP contribution in [-0.2, 0) is 6.61 Å². The number of aliphatic hydroxyl groups is 1. The first-order chi connectivity index (χ1) is 7.19. The molecule has 0 aliphatic rings. The minimum absolute atomic E-state index is 0.00639. The second-order valence-corrected chi connectivity index (χ2v) is 2.66. The van der Waals surface area contributed by atoms with Crippen molar-refractivity contribution in [3.8, 4) is 11.8 Å². The molecule has 0 amide bonds. The summed E-state index contributed by atoms with van der Waals surface area (Å²) in [6.07, 6.45) is 0. The average molecular weight is 208 g/mol. The molecule has 15 heavy (non-hydrogen) atoms. The summed E-state index contributed by atoms with van der Waals surface area (Å²) in [6, 6.07) is 5.72. The van der Waals surface area contributed by atoms with Gasteiger partial charge in [0.15, 0.2) is 12.4 Å². The topological polar surface area (TPSA) is 96.4 Å². The minimum atomic E-state index is -0.603. The molecule has 6 heteroatoms. The zero-order chi connectivity index (χ0) is 11.3. The van der Waals surface area contributed by atoms with E-state index in [0.717, 1.165) is 0 Å². The predicted octanol–water partition coefficient (Wildman–Crippen LogP) is 0.989. The van der Waals surface area contributed by atoms with Crippen LogP contribution in [0.15, 0.2) is 18.2 Å². The van der Waals surface area contributed by atoms with E-state index < -0.39 is 4.92 Å². The lowest BCUT2D eigenvalue weighted by molar-refractivity contribution is -0.385. The number of ether oxygens (including phenoxy) is 1. The van der Waals surface area contributed by atoms with Crippen molar-refractivity contribution >= 4 is 5.69 Å². The highest BCUT2D eigenvalue weighted by molar-refractivity contribution is 5.48. The largest absolute Gasteiger partial charge is 0.472 e. The third-order valence-corrected chi connectivity index (χ3v) is 1.70. The fourth-order valence-electron chi connectivity index (χ4n) is 1.03. The molecule has 0 aliphatic heterocycles. The van der Waals surface area contributed by atoms with Gasteiger partial charge in [0.25, 0.3) is 0 Å². The Kier molecular flexibility index (Phi) is 3.60. The molecule has 78 valence electrons. The number of aliphatic hydroxyl groups excluding tert-OH is 1. The van der Waals surface area contributed by atoms with Crippen molar-refractivity contribution in [1.29, 1.82) is 5.26 Å². The molecule has 0 fully saturated rings. The Morgan fingerprint density at radius 1 is 1.60 bits per heavy atom. The third-order valence-electron chi connectivity index (χ3n) is 1.70. The van der Waals surface area contributed by atoms with Crippen LogP contribution in [0.1, 0.15) is 5.56 Å². The fourth-order valence-corrected chi connectivity index (χ4v) is 1.03. The van der Waals surface area contributed by atoms with Crippen molar-refractivity contribution in [1.82, 2.24) is 0 Å². The van der Waals surface area contributed by atoms with Crippen molar-refractivity contribution in [3.63, 3.8) is 0 Å². The summed E-state index contributed by atoms with van der Waals surface area (Å²) in [7, 11) is 0. The Balaban J connectivity index is 3.06. The van der Waals surface area contributed by atoms with Crippen LogP contribution in [0.5, 0.6) is 5.75 Å². The van der Waals surface area contributed by atoms with E-state index in [9.17, 15) is 10.1 Å². The summed E-state index contributed by atoms with van der Waals surface area (Å²) in [5, 5.41) is 27.7. The number of benzene rings is 1. The van der Waals surface area contributed by atoms with Gasteiger partial charge in [-0.15, -0.1) is 0 Å². The van der Waals surface area contributed by atoms with Gasteiger partial charge in [-0.1, -0.05) is 0 Å². The standard InChI is InChI=1S/C9H8N2O4/c10-3-4-15-9-5-7(6-12)1-2-8(9)11(13)14/h1-2,5,12H,4,6H2. The van der Waals surface area contributed by atoms with E-state index in [1.165, 1.54) is 18.2 Å². The summed E-state index contributed by atoms with van der Waals surface area (Å²) in [5.74, 6) is -0.00639. The highest BCUT2D eigenvalue weighted by Crippen LogP contribution is 2.27. The van der Waals surface area contributed by atoms with Gasteiger partial charge in [-0.05, 0) is 17.7 Å². The van der Waals surface area contributed by atoms with E-state index in [4.69, 9.17) is 15.1 Å². The molecular formula is C9H8N2O4. The van der Waals surface area contributed by atoms with Crippen LogP contribution in [0.2, 0.25) is 0 Å². The number of nitriles is 1. The van der Waals surface area contributed by atoms with Crippen molar-refractivity contribution in [2.75, 3.05) is 6.61 Å². The lowest BCUT2D eigenvalue weighted by Gasteiger charge is -2.04. The van der Waals surface area contributed by atoms with Gasteiger partial charge in [-0.3, -0.25) is 10.1 Å². The molecule has 1 aromatic rings. The summed E-state index contributed by atoms with van der Waals surface area (Å²) < 4.78 is 4.88. The maximum absolute atomic E-state index is 10.6. The number of hydrogen-bond acceptors (Lipinski definition) is 5. The molecule has 0 unspecified atom stereocenters. The van der Waals surface area contributed by atoms with Gasteiger partial charge in [-0.2, -0.15) is 5.26 Å². The molecule has 0 saturated heterocycles. The Morgan fingerprint density at radius 2 is 2.33 bits per heavy atom. The van der Waals surface area contributed by atoms with Crippen LogP contribution in [0.3, 0.4) is 0 Å². The first-order valence-electron chi connectivity index (χ1n) is 4.07. The number of nitro benzene ring substituents is 1. The van der Waals surface area contributed by atoms with E-state index in [0.29, 0.717) is 5.56 Å². The van der Waals surface area contributed by atoms with Crippen LogP contribution >= 0.6 is 0 Å². The molecule has 0 saturated carbocycles. The number of nitro groups is 1. The van der Waals surface area contributed by atoms with E-state index in [-0.39, 0.29) is 24.7 Å². The van der Waals surface area contributed by atoms with Gasteiger partial charge in [0.1, 0.15) is 6.07 Å². The zero-order valence-corrected chi connectivity index (χ0v) is 7.71. The maximum atomic E-state index is 10.6. The van der Waals surface area contributed by atoms with Crippen LogP contribution in [-0.4, -0.2) is 16.6 Å². The van der Waals surface area contributed by atoms with Crippen molar-refractivity contribution in [2.24, 2.45) is 0 Å². The van der Waals surface area contributed by atoms with Crippen LogP contribution < -0.4 is 4.74 Å². The number of rotatable bonds is 4. The third kappa shape index (κ3) is 2.65. The zero-order valence-electron chi connectivity index (χ0n) is 7.71. The van der Waals surface area contributed by atoms with Gasteiger partial charge >= 0.3 is 5.69 Å². The first kappa shape index (κ1) is 10.9. The van der Waals surface area contributed by atoms with Crippen molar-refractivity contribution in [3.05, 3.63) is 33.9 Å². The second-order valence-electron chi connectivity index (χ2n) is 2.66. The van der Waals surface area contributed by atoms with Crippen LogP contribution in [0.4, 0.5) is 5.69 Å². The van der Waals surface area contributed by atoms with E-state index >= 15 is 0 Å². The SMILES string of the molecule is N#CCOc1cc(CO)ccc1[N+](=O)[O-].